The predicted molar refractivity (Wildman–Crippen MR) is 103 cm³/mol. The second kappa shape index (κ2) is 8.97. The third kappa shape index (κ3) is 4.80. The zero-order chi connectivity index (χ0) is 21.1. The molecule has 11 heteroatoms. The van der Waals surface area contributed by atoms with E-state index in [-0.39, 0.29) is 35.1 Å². The van der Waals surface area contributed by atoms with Gasteiger partial charge in [0.05, 0.1) is 11.8 Å². The van der Waals surface area contributed by atoms with E-state index in [2.05, 4.69) is 4.74 Å². The smallest absolute Gasteiger partial charge is 0.362 e. The highest BCUT2D eigenvalue weighted by Crippen LogP contribution is 2.47. The minimum absolute atomic E-state index is 0.0333. The van der Waals surface area contributed by atoms with E-state index in [4.69, 9.17) is 14.2 Å². The van der Waals surface area contributed by atoms with Crippen LogP contribution in [0, 0.1) is 0 Å². The van der Waals surface area contributed by atoms with Crippen molar-refractivity contribution >= 4 is 40.4 Å². The molecule has 156 valence electrons. The number of rotatable bonds is 8. The van der Waals surface area contributed by atoms with Crippen molar-refractivity contribution in [2.45, 2.75) is 29.9 Å². The summed E-state index contributed by atoms with van der Waals surface area (Å²) in [5.74, 6) is -1.34. The van der Waals surface area contributed by atoms with Gasteiger partial charge in [0.1, 0.15) is 12.4 Å². The Morgan fingerprint density at radius 1 is 1.28 bits per heavy atom. The maximum absolute atomic E-state index is 12.6. The summed E-state index contributed by atoms with van der Waals surface area (Å²) >= 11 is 1.23. The Kier molecular flexibility index (Phi) is 6.60. The molecule has 2 heterocycles. The van der Waals surface area contributed by atoms with E-state index in [0.29, 0.717) is 10.6 Å². The number of thioether (sulfide) groups is 1. The molecule has 0 radical (unpaired) electrons. The lowest BCUT2D eigenvalue weighted by atomic mass is 10.2. The topological polar surface area (TPSA) is 108 Å². The Labute approximate surface area is 173 Å². The van der Waals surface area contributed by atoms with Gasteiger partial charge in [-0.05, 0) is 24.3 Å². The van der Waals surface area contributed by atoms with Gasteiger partial charge in [-0.2, -0.15) is 0 Å². The first-order valence-corrected chi connectivity index (χ1v) is 11.0. The first-order chi connectivity index (χ1) is 13.8. The van der Waals surface area contributed by atoms with Crippen LogP contribution in [-0.4, -0.2) is 58.6 Å². The molecule has 0 aliphatic carbocycles. The number of carbonyl (C=O) groups excluding carboxylic acids is 3. The standard InChI is InChI=1S/C18H19NO8S2/c1-10(25-15(21)9-24-2)26-17(22)16-18(28-14-8-13(20)19(14)16)27-11-4-6-12(7-5-11)29(3)23/h4-7,10,14H,8-9H2,1-3H3/t10-,14+,29?/m0/s1. The van der Waals surface area contributed by atoms with Crippen LogP contribution in [0.25, 0.3) is 0 Å². The van der Waals surface area contributed by atoms with Gasteiger partial charge in [-0.1, -0.05) is 11.8 Å². The van der Waals surface area contributed by atoms with Crippen LogP contribution in [0.3, 0.4) is 0 Å². The van der Waals surface area contributed by atoms with Crippen molar-refractivity contribution in [1.82, 2.24) is 4.90 Å². The van der Waals surface area contributed by atoms with Crippen LogP contribution in [0.5, 0.6) is 5.75 Å². The zero-order valence-corrected chi connectivity index (χ0v) is 17.5. The number of carbonyl (C=O) groups is 3. The maximum Gasteiger partial charge on any atom is 0.362 e. The molecule has 1 unspecified atom stereocenters. The summed E-state index contributed by atoms with van der Waals surface area (Å²) in [6.45, 7) is 1.10. The van der Waals surface area contributed by atoms with Gasteiger partial charge in [-0.25, -0.2) is 9.59 Å². The number of hydrogen-bond donors (Lipinski definition) is 0. The third-order valence-electron chi connectivity index (χ3n) is 3.98. The van der Waals surface area contributed by atoms with Crippen LogP contribution in [0.4, 0.5) is 0 Å². The number of ether oxygens (including phenoxy) is 4. The Balaban J connectivity index is 1.76. The highest BCUT2D eigenvalue weighted by Gasteiger charge is 2.50. The van der Waals surface area contributed by atoms with Crippen molar-refractivity contribution in [2.24, 2.45) is 0 Å². The van der Waals surface area contributed by atoms with Crippen molar-refractivity contribution in [3.63, 3.8) is 0 Å². The average molecular weight is 441 g/mol. The minimum Gasteiger partial charge on any atom is -0.448 e. The van der Waals surface area contributed by atoms with Gasteiger partial charge < -0.3 is 18.9 Å². The Morgan fingerprint density at radius 2 is 1.97 bits per heavy atom. The van der Waals surface area contributed by atoms with E-state index in [1.54, 1.807) is 30.5 Å². The third-order valence-corrected chi connectivity index (χ3v) is 6.05. The van der Waals surface area contributed by atoms with Crippen molar-refractivity contribution in [1.29, 1.82) is 0 Å². The number of hydrogen-bond acceptors (Lipinski definition) is 9. The number of fused-ring (bicyclic) bond motifs is 1. The molecule has 2 aliphatic heterocycles. The molecule has 29 heavy (non-hydrogen) atoms. The first-order valence-electron chi connectivity index (χ1n) is 8.54. The van der Waals surface area contributed by atoms with Crippen molar-refractivity contribution in [2.75, 3.05) is 20.0 Å². The molecule has 1 amide bonds. The maximum atomic E-state index is 12.6. The first kappa shape index (κ1) is 21.3. The summed E-state index contributed by atoms with van der Waals surface area (Å²) in [4.78, 5) is 38.0. The van der Waals surface area contributed by atoms with Crippen LogP contribution >= 0.6 is 11.8 Å². The number of benzene rings is 1. The number of amides is 1. The van der Waals surface area contributed by atoms with E-state index in [0.717, 1.165) is 0 Å². The van der Waals surface area contributed by atoms with Gasteiger partial charge in [0.2, 0.25) is 12.2 Å². The average Bonchev–Trinajstić information content (AvgIpc) is 2.94. The Morgan fingerprint density at radius 3 is 2.55 bits per heavy atom. The molecule has 2 aliphatic rings. The SMILES string of the molecule is COCC(=O)O[C@H](C)OC(=O)C1=C(Oc2ccc(S(C)=O)cc2)S[C@@H]2CC(=O)N12. The van der Waals surface area contributed by atoms with E-state index in [9.17, 15) is 18.6 Å². The molecule has 0 N–H and O–H groups in total. The Bertz CT molecular complexity index is 882. The zero-order valence-electron chi connectivity index (χ0n) is 15.9. The molecule has 1 fully saturated rings. The molecule has 3 atom stereocenters. The van der Waals surface area contributed by atoms with Gasteiger partial charge >= 0.3 is 11.9 Å². The fourth-order valence-corrected chi connectivity index (χ4v) is 4.41. The van der Waals surface area contributed by atoms with Crippen LogP contribution in [-0.2, 0) is 39.4 Å². The molecule has 1 saturated heterocycles. The second-order valence-electron chi connectivity index (χ2n) is 6.10. The molecule has 0 saturated carbocycles. The summed E-state index contributed by atoms with van der Waals surface area (Å²) < 4.78 is 32.0. The van der Waals surface area contributed by atoms with Crippen LogP contribution < -0.4 is 4.74 Å². The summed E-state index contributed by atoms with van der Waals surface area (Å²) in [6, 6.07) is 6.56. The summed E-state index contributed by atoms with van der Waals surface area (Å²) in [7, 11) is 0.210. The van der Waals surface area contributed by atoms with E-state index >= 15 is 0 Å². The van der Waals surface area contributed by atoms with Gasteiger partial charge in [0.25, 0.3) is 0 Å². The largest absolute Gasteiger partial charge is 0.448 e. The predicted octanol–water partition coefficient (Wildman–Crippen LogP) is 1.36. The molecule has 3 rings (SSSR count). The normalized spacial score (nSPS) is 19.9. The fraction of sp³-hybridized carbons (Fsp3) is 0.389. The number of methoxy groups -OCH3 is 1. The van der Waals surface area contributed by atoms with Crippen LogP contribution in [0.2, 0.25) is 0 Å². The molecule has 0 aromatic heterocycles. The number of β-lactam (4-membered cyclic amide) rings is 1. The molecule has 1 aromatic carbocycles. The highest BCUT2D eigenvalue weighted by molar-refractivity contribution is 8.03. The van der Waals surface area contributed by atoms with Crippen molar-refractivity contribution in [3.05, 3.63) is 35.1 Å². The summed E-state index contributed by atoms with van der Waals surface area (Å²) in [5.41, 5.74) is -0.0333. The summed E-state index contributed by atoms with van der Waals surface area (Å²) in [5, 5.41) is -0.0274. The molecule has 9 nitrogen and oxygen atoms in total. The van der Waals surface area contributed by atoms with E-state index < -0.39 is 29.0 Å². The molecule has 1 aromatic rings. The van der Waals surface area contributed by atoms with Gasteiger partial charge in [0, 0.05) is 36.0 Å². The lowest BCUT2D eigenvalue weighted by Gasteiger charge is -2.34. The fourth-order valence-electron chi connectivity index (χ4n) is 2.66. The van der Waals surface area contributed by atoms with Crippen LogP contribution in [0.15, 0.2) is 39.9 Å². The summed E-state index contributed by atoms with van der Waals surface area (Å²) in [6.07, 6.45) is 0.676. The monoisotopic (exact) mass is 441 g/mol. The lowest BCUT2D eigenvalue weighted by Crippen LogP contribution is -2.49. The lowest BCUT2D eigenvalue weighted by molar-refractivity contribution is -0.186. The number of nitrogens with zero attached hydrogens (tertiary/aromatic N) is 1. The minimum atomic E-state index is -1.17. The van der Waals surface area contributed by atoms with Gasteiger partial charge in [-0.3, -0.25) is 13.9 Å². The van der Waals surface area contributed by atoms with E-state index in [1.165, 1.54) is 30.7 Å². The second-order valence-corrected chi connectivity index (χ2v) is 8.63. The van der Waals surface area contributed by atoms with Crippen molar-refractivity contribution < 1.29 is 37.5 Å². The van der Waals surface area contributed by atoms with E-state index in [1.807, 2.05) is 0 Å². The van der Waals surface area contributed by atoms with Gasteiger partial charge in [0.15, 0.2) is 10.8 Å². The highest BCUT2D eigenvalue weighted by atomic mass is 32.2. The number of esters is 2. The molecule has 0 spiro atoms. The van der Waals surface area contributed by atoms with Crippen LogP contribution in [0.1, 0.15) is 13.3 Å². The Hall–Kier alpha value is -2.37. The quantitative estimate of drug-likeness (QED) is 0.335. The molecular formula is C18H19NO8S2. The van der Waals surface area contributed by atoms with Gasteiger partial charge in [-0.15, -0.1) is 0 Å². The van der Waals surface area contributed by atoms with Crippen molar-refractivity contribution in [3.8, 4) is 5.75 Å². The molecular weight excluding hydrogens is 422 g/mol. The molecule has 0 bridgehead atoms.